The van der Waals surface area contributed by atoms with Crippen molar-refractivity contribution in [2.45, 2.75) is 38.1 Å². The van der Waals surface area contributed by atoms with E-state index in [1.165, 1.54) is 11.3 Å². The third-order valence-corrected chi connectivity index (χ3v) is 6.32. The zero-order chi connectivity index (χ0) is 21.9. The second-order valence-electron chi connectivity index (χ2n) is 8.37. The molecule has 2 aliphatic rings. The number of anilines is 2. The smallest absolute Gasteiger partial charge is 0.180 e. The molecule has 0 amide bonds. The van der Waals surface area contributed by atoms with Gasteiger partial charge in [0.05, 0.1) is 14.2 Å². The second-order valence-corrected chi connectivity index (χ2v) is 8.37. The highest BCUT2D eigenvalue weighted by Crippen LogP contribution is 2.33. The van der Waals surface area contributed by atoms with Gasteiger partial charge in [0.25, 0.3) is 0 Å². The average molecular weight is 432 g/mol. The number of aryl methyl sites for hydroxylation is 1. The van der Waals surface area contributed by atoms with E-state index in [0.717, 1.165) is 79.7 Å². The van der Waals surface area contributed by atoms with E-state index in [0.29, 0.717) is 6.04 Å². The molecule has 1 aliphatic heterocycles. The van der Waals surface area contributed by atoms with Gasteiger partial charge in [0, 0.05) is 60.5 Å². The van der Waals surface area contributed by atoms with Crippen molar-refractivity contribution in [3.63, 3.8) is 0 Å². The molecule has 166 valence electrons. The van der Waals surface area contributed by atoms with Crippen LogP contribution in [0, 0.1) is 0 Å². The van der Waals surface area contributed by atoms with Crippen molar-refractivity contribution in [2.24, 2.45) is 0 Å². The highest BCUT2D eigenvalue weighted by molar-refractivity contribution is 5.59. The Morgan fingerprint density at radius 2 is 1.75 bits per heavy atom. The molecule has 32 heavy (non-hydrogen) atoms. The van der Waals surface area contributed by atoms with Crippen LogP contribution in [0.25, 0.3) is 11.5 Å². The molecule has 0 atom stereocenters. The van der Waals surface area contributed by atoms with Crippen LogP contribution in [-0.2, 0) is 12.8 Å². The Hall–Kier alpha value is -3.35. The van der Waals surface area contributed by atoms with Gasteiger partial charge in [-0.15, -0.1) is 0 Å². The molecule has 1 saturated heterocycles. The number of rotatable bonds is 6. The lowest BCUT2D eigenvalue weighted by atomic mass is 10.0. The maximum Gasteiger partial charge on any atom is 0.180 e. The van der Waals surface area contributed by atoms with Crippen LogP contribution >= 0.6 is 0 Å². The highest BCUT2D eigenvalue weighted by Gasteiger charge is 2.27. The second kappa shape index (κ2) is 9.02. The zero-order valence-corrected chi connectivity index (χ0v) is 18.7. The quantitative estimate of drug-likeness (QED) is 0.629. The summed E-state index contributed by atoms with van der Waals surface area (Å²) in [4.78, 5) is 16.7. The molecule has 7 nitrogen and oxygen atoms in total. The van der Waals surface area contributed by atoms with E-state index >= 15 is 0 Å². The molecule has 5 rings (SSSR count). The number of methoxy groups -OCH3 is 2. The van der Waals surface area contributed by atoms with E-state index in [1.807, 2.05) is 36.4 Å². The van der Waals surface area contributed by atoms with Gasteiger partial charge in [-0.25, -0.2) is 9.97 Å². The number of aromatic nitrogens is 3. The van der Waals surface area contributed by atoms with Crippen LogP contribution < -0.4 is 19.7 Å². The van der Waals surface area contributed by atoms with Gasteiger partial charge in [-0.05, 0) is 44.2 Å². The van der Waals surface area contributed by atoms with Gasteiger partial charge in [0.1, 0.15) is 23.0 Å². The molecule has 2 aromatic heterocycles. The number of pyridine rings is 1. The topological polar surface area (TPSA) is 72.4 Å². The Kier molecular flexibility index (Phi) is 5.79. The van der Waals surface area contributed by atoms with Crippen LogP contribution in [0.4, 0.5) is 11.5 Å². The summed E-state index contributed by atoms with van der Waals surface area (Å²) in [5.41, 5.74) is 4.39. The first-order valence-corrected chi connectivity index (χ1v) is 11.3. The SMILES string of the molecule is COc1cc(NC2CCN(c3nc(-c4ccccn4)nc4c3CCC4)CC2)cc(OC)c1. The fraction of sp³-hybridized carbons (Fsp3) is 0.400. The van der Waals surface area contributed by atoms with E-state index in [4.69, 9.17) is 19.4 Å². The van der Waals surface area contributed by atoms with Crippen molar-refractivity contribution in [3.05, 3.63) is 53.9 Å². The Balaban J connectivity index is 1.32. The summed E-state index contributed by atoms with van der Waals surface area (Å²) in [6.45, 7) is 1.92. The van der Waals surface area contributed by atoms with Gasteiger partial charge in [-0.1, -0.05) is 6.07 Å². The van der Waals surface area contributed by atoms with E-state index in [9.17, 15) is 0 Å². The van der Waals surface area contributed by atoms with Gasteiger partial charge >= 0.3 is 0 Å². The van der Waals surface area contributed by atoms with E-state index in [1.54, 1.807) is 20.4 Å². The third-order valence-electron chi connectivity index (χ3n) is 6.32. The maximum absolute atomic E-state index is 5.40. The molecule has 0 radical (unpaired) electrons. The highest BCUT2D eigenvalue weighted by atomic mass is 16.5. The number of piperidine rings is 1. The van der Waals surface area contributed by atoms with E-state index < -0.39 is 0 Å². The van der Waals surface area contributed by atoms with Crippen LogP contribution in [0.2, 0.25) is 0 Å². The average Bonchev–Trinajstić information content (AvgIpc) is 3.33. The van der Waals surface area contributed by atoms with Crippen LogP contribution in [0.3, 0.4) is 0 Å². The number of hydrogen-bond donors (Lipinski definition) is 1. The summed E-state index contributed by atoms with van der Waals surface area (Å²) in [7, 11) is 3.35. The molecule has 0 unspecified atom stereocenters. The van der Waals surface area contributed by atoms with Crippen LogP contribution in [0.1, 0.15) is 30.5 Å². The van der Waals surface area contributed by atoms with Gasteiger partial charge in [-0.2, -0.15) is 0 Å². The number of fused-ring (bicyclic) bond motifs is 1. The van der Waals surface area contributed by atoms with Crippen molar-refractivity contribution >= 4 is 11.5 Å². The summed E-state index contributed by atoms with van der Waals surface area (Å²) in [5.74, 6) is 3.44. The molecule has 3 aromatic rings. The van der Waals surface area contributed by atoms with Crippen molar-refractivity contribution in [2.75, 3.05) is 37.5 Å². The minimum atomic E-state index is 0.396. The molecule has 1 aliphatic carbocycles. The Morgan fingerprint density at radius 3 is 2.44 bits per heavy atom. The molecule has 0 spiro atoms. The van der Waals surface area contributed by atoms with Crippen molar-refractivity contribution in [1.82, 2.24) is 15.0 Å². The van der Waals surface area contributed by atoms with E-state index in [2.05, 4.69) is 15.2 Å². The van der Waals surface area contributed by atoms with Gasteiger partial charge < -0.3 is 19.7 Å². The Labute approximate surface area is 188 Å². The first-order valence-electron chi connectivity index (χ1n) is 11.3. The van der Waals surface area contributed by atoms with Gasteiger partial charge in [-0.3, -0.25) is 4.98 Å². The summed E-state index contributed by atoms with van der Waals surface area (Å²) in [6, 6.07) is 12.2. The number of hydrogen-bond acceptors (Lipinski definition) is 7. The molecule has 0 bridgehead atoms. The number of ether oxygens (including phenoxy) is 2. The number of nitrogens with zero attached hydrogens (tertiary/aromatic N) is 4. The fourth-order valence-electron chi connectivity index (χ4n) is 4.65. The normalized spacial score (nSPS) is 16.0. The van der Waals surface area contributed by atoms with E-state index in [-0.39, 0.29) is 0 Å². The summed E-state index contributed by atoms with van der Waals surface area (Å²) >= 11 is 0. The van der Waals surface area contributed by atoms with Crippen LogP contribution in [0.5, 0.6) is 11.5 Å². The predicted molar refractivity (Wildman–Crippen MR) is 126 cm³/mol. The van der Waals surface area contributed by atoms with Gasteiger partial charge in [0.2, 0.25) is 0 Å². The molecule has 0 saturated carbocycles. The number of nitrogens with one attached hydrogen (secondary N) is 1. The summed E-state index contributed by atoms with van der Waals surface area (Å²) < 4.78 is 10.8. The third kappa shape index (κ3) is 4.20. The molecular formula is C25H29N5O2. The molecule has 1 aromatic carbocycles. The van der Waals surface area contributed by atoms with Crippen molar-refractivity contribution < 1.29 is 9.47 Å². The lowest BCUT2D eigenvalue weighted by Gasteiger charge is -2.34. The Bertz CT molecular complexity index is 1060. The maximum atomic E-state index is 5.40. The van der Waals surface area contributed by atoms with Gasteiger partial charge in [0.15, 0.2) is 5.82 Å². The first kappa shape index (κ1) is 20.5. The summed E-state index contributed by atoms with van der Waals surface area (Å²) in [6.07, 6.45) is 7.12. The van der Waals surface area contributed by atoms with Crippen molar-refractivity contribution in [1.29, 1.82) is 0 Å². The zero-order valence-electron chi connectivity index (χ0n) is 18.7. The fourth-order valence-corrected chi connectivity index (χ4v) is 4.65. The lowest BCUT2D eigenvalue weighted by molar-refractivity contribution is 0.394. The molecule has 7 heteroatoms. The number of benzene rings is 1. The monoisotopic (exact) mass is 431 g/mol. The molecular weight excluding hydrogens is 402 g/mol. The molecule has 3 heterocycles. The Morgan fingerprint density at radius 1 is 0.969 bits per heavy atom. The predicted octanol–water partition coefficient (Wildman–Crippen LogP) is 4.13. The summed E-state index contributed by atoms with van der Waals surface area (Å²) in [5, 5.41) is 3.66. The minimum absolute atomic E-state index is 0.396. The lowest BCUT2D eigenvalue weighted by Crippen LogP contribution is -2.40. The van der Waals surface area contributed by atoms with Crippen molar-refractivity contribution in [3.8, 4) is 23.0 Å². The molecule has 1 N–H and O–H groups in total. The largest absolute Gasteiger partial charge is 0.497 e. The molecule has 1 fully saturated rings. The standard InChI is InChI=1S/C25H29N5O2/c1-31-19-14-18(15-20(16-19)32-2)27-17-9-12-30(13-10-17)25-21-6-5-8-22(21)28-24(29-25)23-7-3-4-11-26-23/h3-4,7,11,14-17,27H,5-6,8-10,12-13H2,1-2H3. The van der Waals surface area contributed by atoms with Crippen LogP contribution in [-0.4, -0.2) is 48.3 Å². The first-order chi connectivity index (χ1) is 15.7. The minimum Gasteiger partial charge on any atom is -0.497 e. The van der Waals surface area contributed by atoms with Crippen LogP contribution in [0.15, 0.2) is 42.6 Å².